The lowest BCUT2D eigenvalue weighted by Crippen LogP contribution is -2.29. The molecule has 7 nitrogen and oxygen atoms in total. The zero-order valence-corrected chi connectivity index (χ0v) is 21.2. The number of anilines is 1. The molecule has 2 aromatic carbocycles. The summed E-state index contributed by atoms with van der Waals surface area (Å²) in [5.74, 6) is -1.20. The van der Waals surface area contributed by atoms with E-state index in [2.05, 4.69) is 31.8 Å². The maximum atomic E-state index is 13.4. The van der Waals surface area contributed by atoms with Gasteiger partial charge in [-0.1, -0.05) is 44.2 Å². The van der Waals surface area contributed by atoms with Crippen LogP contribution in [0.4, 0.5) is 5.13 Å². The number of amides is 1. The third-order valence-corrected chi connectivity index (χ3v) is 7.24. The molecule has 1 unspecified atom stereocenters. The van der Waals surface area contributed by atoms with E-state index in [1.165, 1.54) is 16.2 Å². The Balaban J connectivity index is 1.68. The number of thiazole rings is 1. The molecule has 0 aliphatic carbocycles. The number of ketones is 1. The topological polar surface area (TPSA) is 92.6 Å². The summed E-state index contributed by atoms with van der Waals surface area (Å²) in [6.07, 6.45) is 1.59. The van der Waals surface area contributed by atoms with Crippen molar-refractivity contribution in [2.24, 2.45) is 0 Å². The van der Waals surface area contributed by atoms with Gasteiger partial charge in [0.1, 0.15) is 17.6 Å². The highest BCUT2D eigenvalue weighted by atomic mass is 32.1. The lowest BCUT2D eigenvalue weighted by Gasteiger charge is -2.21. The summed E-state index contributed by atoms with van der Waals surface area (Å²) in [5, 5.41) is 11.6. The summed E-state index contributed by atoms with van der Waals surface area (Å²) >= 11 is 1.34. The Bertz CT molecular complexity index is 1500. The first-order valence-electron chi connectivity index (χ1n) is 11.5. The van der Waals surface area contributed by atoms with E-state index in [0.717, 1.165) is 15.8 Å². The molecule has 0 spiro atoms. The largest absolute Gasteiger partial charge is 0.507 e. The maximum Gasteiger partial charge on any atom is 0.301 e. The summed E-state index contributed by atoms with van der Waals surface area (Å²) in [7, 11) is 1.55. The predicted molar refractivity (Wildman–Crippen MR) is 140 cm³/mol. The minimum Gasteiger partial charge on any atom is -0.507 e. The molecule has 1 amide bonds. The fraction of sp³-hybridized carbons (Fsp3) is 0.214. The zero-order valence-electron chi connectivity index (χ0n) is 20.4. The molecule has 1 fully saturated rings. The Morgan fingerprint density at radius 2 is 1.81 bits per heavy atom. The second kappa shape index (κ2) is 8.87. The van der Waals surface area contributed by atoms with Crippen LogP contribution < -0.4 is 9.64 Å². The van der Waals surface area contributed by atoms with E-state index < -0.39 is 17.7 Å². The molecule has 1 aliphatic rings. The first-order chi connectivity index (χ1) is 17.2. The summed E-state index contributed by atoms with van der Waals surface area (Å²) in [6.45, 7) is 6.40. The number of hydrogen-bond donors (Lipinski definition) is 1. The summed E-state index contributed by atoms with van der Waals surface area (Å²) < 4.78 is 6.10. The smallest absolute Gasteiger partial charge is 0.301 e. The molecular formula is C28H25N3O4S. The van der Waals surface area contributed by atoms with Gasteiger partial charge in [0.15, 0.2) is 5.13 Å². The van der Waals surface area contributed by atoms with Crippen molar-refractivity contribution in [1.82, 2.24) is 9.97 Å². The molecule has 0 radical (unpaired) electrons. The van der Waals surface area contributed by atoms with Crippen LogP contribution in [-0.4, -0.2) is 33.9 Å². The minimum absolute atomic E-state index is 0.0292. The number of pyridine rings is 1. The Labute approximate surface area is 212 Å². The number of rotatable bonds is 4. The molecule has 8 heteroatoms. The Hall–Kier alpha value is -4.04. The second-order valence-corrected chi connectivity index (χ2v) is 10.6. The van der Waals surface area contributed by atoms with Gasteiger partial charge in [-0.25, -0.2) is 4.98 Å². The Kier molecular flexibility index (Phi) is 5.84. The van der Waals surface area contributed by atoms with Crippen LogP contribution >= 0.6 is 11.3 Å². The van der Waals surface area contributed by atoms with Gasteiger partial charge in [-0.3, -0.25) is 19.5 Å². The van der Waals surface area contributed by atoms with Crippen LogP contribution in [0, 0.1) is 0 Å². The highest BCUT2D eigenvalue weighted by Crippen LogP contribution is 2.44. The van der Waals surface area contributed by atoms with Crippen molar-refractivity contribution in [3.63, 3.8) is 0 Å². The Morgan fingerprint density at radius 1 is 1.06 bits per heavy atom. The van der Waals surface area contributed by atoms with E-state index in [-0.39, 0.29) is 16.7 Å². The molecule has 5 rings (SSSR count). The predicted octanol–water partition coefficient (Wildman–Crippen LogP) is 5.62. The number of fused-ring (bicyclic) bond motifs is 1. The van der Waals surface area contributed by atoms with Crippen LogP contribution in [0.1, 0.15) is 43.6 Å². The molecule has 2 aromatic heterocycles. The maximum absolute atomic E-state index is 13.4. The summed E-state index contributed by atoms with van der Waals surface area (Å²) in [5.41, 5.74) is 2.66. The zero-order chi connectivity index (χ0) is 25.6. The highest BCUT2D eigenvalue weighted by Gasteiger charge is 2.48. The molecule has 1 aliphatic heterocycles. The molecule has 1 saturated heterocycles. The summed E-state index contributed by atoms with van der Waals surface area (Å²) in [6, 6.07) is 17.0. The number of nitrogens with zero attached hydrogens (tertiary/aromatic N) is 3. The van der Waals surface area contributed by atoms with Crippen LogP contribution in [0.3, 0.4) is 0 Å². The lowest BCUT2D eigenvalue weighted by molar-refractivity contribution is -0.132. The van der Waals surface area contributed by atoms with E-state index in [1.807, 2.05) is 12.1 Å². The first kappa shape index (κ1) is 23.7. The second-order valence-electron chi connectivity index (χ2n) is 9.58. The number of benzene rings is 2. The van der Waals surface area contributed by atoms with Gasteiger partial charge in [-0.2, -0.15) is 0 Å². The van der Waals surface area contributed by atoms with Crippen LogP contribution in [0.5, 0.6) is 5.75 Å². The van der Waals surface area contributed by atoms with Crippen molar-refractivity contribution < 1.29 is 19.4 Å². The monoisotopic (exact) mass is 499 g/mol. The van der Waals surface area contributed by atoms with E-state index in [0.29, 0.717) is 22.1 Å². The van der Waals surface area contributed by atoms with Crippen molar-refractivity contribution >= 4 is 44.1 Å². The van der Waals surface area contributed by atoms with Gasteiger partial charge in [0.05, 0.1) is 28.6 Å². The van der Waals surface area contributed by atoms with Crippen LogP contribution in [0.15, 0.2) is 72.4 Å². The van der Waals surface area contributed by atoms with Crippen molar-refractivity contribution in [2.75, 3.05) is 12.0 Å². The number of ether oxygens (including phenoxy) is 1. The average molecular weight is 500 g/mol. The molecule has 3 heterocycles. The van der Waals surface area contributed by atoms with Crippen molar-refractivity contribution in [1.29, 1.82) is 0 Å². The van der Waals surface area contributed by atoms with Gasteiger partial charge < -0.3 is 9.84 Å². The van der Waals surface area contributed by atoms with Crippen LogP contribution in [0.25, 0.3) is 16.0 Å². The number of aliphatic hydroxyl groups excluding tert-OH is 1. The highest BCUT2D eigenvalue weighted by molar-refractivity contribution is 7.22. The number of carbonyl (C=O) groups excluding carboxylic acids is 2. The number of methoxy groups -OCH3 is 1. The normalized spacial score (nSPS) is 17.7. The summed E-state index contributed by atoms with van der Waals surface area (Å²) in [4.78, 5) is 37.2. The van der Waals surface area contributed by atoms with Crippen LogP contribution in [0.2, 0.25) is 0 Å². The van der Waals surface area contributed by atoms with Crippen LogP contribution in [-0.2, 0) is 15.0 Å². The minimum atomic E-state index is -0.920. The van der Waals surface area contributed by atoms with Gasteiger partial charge in [-0.15, -0.1) is 0 Å². The third kappa shape index (κ3) is 4.03. The molecular weight excluding hydrogens is 474 g/mol. The number of hydrogen-bond acceptors (Lipinski definition) is 7. The van der Waals surface area contributed by atoms with E-state index >= 15 is 0 Å². The molecule has 182 valence electrons. The number of carbonyl (C=O) groups is 2. The van der Waals surface area contributed by atoms with E-state index in [1.54, 1.807) is 55.8 Å². The average Bonchev–Trinajstić information content (AvgIpc) is 3.41. The molecule has 1 N–H and O–H groups in total. The van der Waals surface area contributed by atoms with Crippen molar-refractivity contribution in [3.05, 3.63) is 89.3 Å². The molecule has 4 aromatic rings. The molecule has 0 saturated carbocycles. The number of aromatic nitrogens is 2. The number of aliphatic hydroxyl groups is 1. The molecule has 1 atom stereocenters. The number of Topliss-reactive ketones (excluding diaryl/α,β-unsaturated/α-hetero) is 1. The van der Waals surface area contributed by atoms with Gasteiger partial charge in [0.2, 0.25) is 0 Å². The van der Waals surface area contributed by atoms with Crippen molar-refractivity contribution in [3.8, 4) is 5.75 Å². The van der Waals surface area contributed by atoms with Gasteiger partial charge >= 0.3 is 5.91 Å². The standard InChI is InChI=1S/C28H25N3O4S/c1-28(2,3)17-10-13-19-21(15-17)36-27(30-19)31-23(20-7-5-6-14-29-20)22(25(33)26(31)34)24(32)16-8-11-18(35-4)12-9-16/h5-15,23,32H,1-4H3/b24-22+. The van der Waals surface area contributed by atoms with E-state index in [9.17, 15) is 14.7 Å². The SMILES string of the molecule is COc1ccc(/C(O)=C2\C(=O)C(=O)N(c3nc4ccc(C(C)(C)C)cc4s3)C2c2ccccn2)cc1. The van der Waals surface area contributed by atoms with Gasteiger partial charge in [-0.05, 0) is 59.5 Å². The molecule has 0 bridgehead atoms. The van der Waals surface area contributed by atoms with Gasteiger partial charge in [0.25, 0.3) is 5.78 Å². The Morgan fingerprint density at radius 3 is 2.44 bits per heavy atom. The van der Waals surface area contributed by atoms with E-state index in [4.69, 9.17) is 9.72 Å². The third-order valence-electron chi connectivity index (χ3n) is 6.23. The fourth-order valence-electron chi connectivity index (χ4n) is 4.23. The fourth-order valence-corrected chi connectivity index (χ4v) is 5.27. The molecule has 36 heavy (non-hydrogen) atoms. The first-order valence-corrected chi connectivity index (χ1v) is 12.3. The van der Waals surface area contributed by atoms with Crippen molar-refractivity contribution in [2.45, 2.75) is 32.2 Å². The van der Waals surface area contributed by atoms with Gasteiger partial charge in [0, 0.05) is 11.8 Å². The lowest BCUT2D eigenvalue weighted by atomic mass is 9.87. The quantitative estimate of drug-likeness (QED) is 0.222.